The molecular weight excluding hydrogens is 308 g/mol. The Kier molecular flexibility index (Phi) is 5.38. The number of methoxy groups -OCH3 is 1. The number of hydrogen-bond donors (Lipinski definition) is 1. The van der Waals surface area contributed by atoms with E-state index in [2.05, 4.69) is 4.98 Å². The van der Waals surface area contributed by atoms with Gasteiger partial charge < -0.3 is 14.5 Å². The van der Waals surface area contributed by atoms with Gasteiger partial charge in [0.05, 0.1) is 13.5 Å². The van der Waals surface area contributed by atoms with Crippen LogP contribution in [0.3, 0.4) is 0 Å². The molecule has 2 rings (SSSR count). The van der Waals surface area contributed by atoms with Crippen molar-refractivity contribution in [1.29, 1.82) is 5.26 Å². The molecule has 0 aliphatic rings. The molecule has 0 unspecified atom stereocenters. The number of nitrogens with one attached hydrogen (secondary N) is 1. The van der Waals surface area contributed by atoms with Gasteiger partial charge >= 0.3 is 5.97 Å². The second kappa shape index (κ2) is 7.47. The van der Waals surface area contributed by atoms with E-state index in [0.717, 1.165) is 5.56 Å². The van der Waals surface area contributed by atoms with Gasteiger partial charge in [-0.2, -0.15) is 5.26 Å². The lowest BCUT2D eigenvalue weighted by Gasteiger charge is -2.11. The standard InChI is InChI=1S/C18H18N2O4/c1-11-13(12(2)20-18(22)14(11)10-19)8-9-17(21)24-16-7-5-4-6-15(16)23-3/h4-7H,8-9H2,1-3H3,(H,20,22). The van der Waals surface area contributed by atoms with Crippen LogP contribution in [0.25, 0.3) is 0 Å². The number of para-hydroxylation sites is 2. The van der Waals surface area contributed by atoms with Crippen LogP contribution in [-0.2, 0) is 11.2 Å². The van der Waals surface area contributed by atoms with E-state index in [-0.39, 0.29) is 12.0 Å². The van der Waals surface area contributed by atoms with Gasteiger partial charge in [-0.15, -0.1) is 0 Å². The highest BCUT2D eigenvalue weighted by Gasteiger charge is 2.15. The molecule has 0 aliphatic heterocycles. The van der Waals surface area contributed by atoms with Crippen molar-refractivity contribution in [3.8, 4) is 17.6 Å². The lowest BCUT2D eigenvalue weighted by molar-refractivity contribution is -0.134. The molecule has 2 aromatic rings. The molecule has 6 heteroatoms. The largest absolute Gasteiger partial charge is 0.493 e. The Morgan fingerprint density at radius 2 is 1.92 bits per heavy atom. The number of carbonyl (C=O) groups excluding carboxylic acids is 1. The molecule has 0 saturated heterocycles. The molecule has 0 radical (unpaired) electrons. The summed E-state index contributed by atoms with van der Waals surface area (Å²) in [6, 6.07) is 8.79. The van der Waals surface area contributed by atoms with Gasteiger partial charge in [-0.3, -0.25) is 9.59 Å². The van der Waals surface area contributed by atoms with Crippen LogP contribution in [0.5, 0.6) is 11.5 Å². The summed E-state index contributed by atoms with van der Waals surface area (Å²) in [6.07, 6.45) is 0.494. The molecular formula is C18H18N2O4. The van der Waals surface area contributed by atoms with Crippen molar-refractivity contribution >= 4 is 5.97 Å². The van der Waals surface area contributed by atoms with Gasteiger partial charge in [-0.1, -0.05) is 12.1 Å². The lowest BCUT2D eigenvalue weighted by atomic mass is 9.99. The van der Waals surface area contributed by atoms with Crippen molar-refractivity contribution < 1.29 is 14.3 Å². The Morgan fingerprint density at radius 1 is 1.25 bits per heavy atom. The van der Waals surface area contributed by atoms with Crippen molar-refractivity contribution in [1.82, 2.24) is 4.98 Å². The van der Waals surface area contributed by atoms with Gasteiger partial charge in [-0.25, -0.2) is 0 Å². The van der Waals surface area contributed by atoms with Crippen LogP contribution in [0.1, 0.15) is 28.8 Å². The number of carbonyl (C=O) groups is 1. The molecule has 0 atom stereocenters. The quantitative estimate of drug-likeness (QED) is 0.673. The Bertz CT molecular complexity index is 862. The summed E-state index contributed by atoms with van der Waals surface area (Å²) >= 11 is 0. The molecule has 1 heterocycles. The predicted octanol–water partition coefficient (Wildman–Crippen LogP) is 2.41. The van der Waals surface area contributed by atoms with Gasteiger partial charge in [0, 0.05) is 5.69 Å². The van der Waals surface area contributed by atoms with E-state index in [9.17, 15) is 9.59 Å². The number of pyridine rings is 1. The van der Waals surface area contributed by atoms with Gasteiger partial charge in [0.2, 0.25) is 0 Å². The van der Waals surface area contributed by atoms with Gasteiger partial charge in [0.1, 0.15) is 11.6 Å². The number of nitrogens with zero attached hydrogens (tertiary/aromatic N) is 1. The minimum atomic E-state index is -0.414. The molecule has 0 amide bonds. The average molecular weight is 326 g/mol. The zero-order chi connectivity index (χ0) is 17.7. The monoisotopic (exact) mass is 326 g/mol. The van der Waals surface area contributed by atoms with E-state index in [0.29, 0.717) is 29.2 Å². The number of nitriles is 1. The minimum Gasteiger partial charge on any atom is -0.493 e. The normalized spacial score (nSPS) is 10.1. The van der Waals surface area contributed by atoms with E-state index in [1.165, 1.54) is 7.11 Å². The summed E-state index contributed by atoms with van der Waals surface area (Å²) in [5, 5.41) is 9.07. The number of H-pyrrole nitrogens is 1. The van der Waals surface area contributed by atoms with Crippen LogP contribution >= 0.6 is 0 Å². The molecule has 0 fully saturated rings. The van der Waals surface area contributed by atoms with Crippen LogP contribution in [0.4, 0.5) is 0 Å². The van der Waals surface area contributed by atoms with Crippen molar-refractivity contribution in [2.24, 2.45) is 0 Å². The second-order valence-electron chi connectivity index (χ2n) is 5.29. The maximum atomic E-state index is 12.1. The number of esters is 1. The molecule has 0 saturated carbocycles. The van der Waals surface area contributed by atoms with Crippen molar-refractivity contribution in [3.63, 3.8) is 0 Å². The maximum Gasteiger partial charge on any atom is 0.311 e. The smallest absolute Gasteiger partial charge is 0.311 e. The molecule has 6 nitrogen and oxygen atoms in total. The zero-order valence-corrected chi connectivity index (χ0v) is 13.8. The highest BCUT2D eigenvalue weighted by molar-refractivity contribution is 5.73. The fraction of sp³-hybridized carbons (Fsp3) is 0.278. The fourth-order valence-corrected chi connectivity index (χ4v) is 2.52. The molecule has 1 aromatic carbocycles. The molecule has 0 aliphatic carbocycles. The zero-order valence-electron chi connectivity index (χ0n) is 13.8. The Labute approximate surface area is 139 Å². The Balaban J connectivity index is 2.13. The number of aromatic nitrogens is 1. The van der Waals surface area contributed by atoms with Crippen LogP contribution in [0.15, 0.2) is 29.1 Å². The molecule has 1 N–H and O–H groups in total. The van der Waals surface area contributed by atoms with E-state index in [1.807, 2.05) is 6.07 Å². The third-order valence-electron chi connectivity index (χ3n) is 3.79. The first-order valence-corrected chi connectivity index (χ1v) is 7.44. The minimum absolute atomic E-state index is 0.0775. The summed E-state index contributed by atoms with van der Waals surface area (Å²) < 4.78 is 10.5. The van der Waals surface area contributed by atoms with Gasteiger partial charge in [-0.05, 0) is 43.5 Å². The SMILES string of the molecule is COc1ccccc1OC(=O)CCc1c(C)[nH]c(=O)c(C#N)c1C. The average Bonchev–Trinajstić information content (AvgIpc) is 2.55. The third-order valence-corrected chi connectivity index (χ3v) is 3.79. The summed E-state index contributed by atoms with van der Waals surface area (Å²) in [4.78, 5) is 26.4. The topological polar surface area (TPSA) is 92.2 Å². The highest BCUT2D eigenvalue weighted by atomic mass is 16.6. The van der Waals surface area contributed by atoms with Crippen molar-refractivity contribution in [2.45, 2.75) is 26.7 Å². The first-order chi connectivity index (χ1) is 11.5. The van der Waals surface area contributed by atoms with Crippen LogP contribution < -0.4 is 15.0 Å². The highest BCUT2D eigenvalue weighted by Crippen LogP contribution is 2.26. The number of benzene rings is 1. The summed E-state index contributed by atoms with van der Waals surface area (Å²) in [5.74, 6) is 0.426. The molecule has 0 spiro atoms. The van der Waals surface area contributed by atoms with Gasteiger partial charge in [0.25, 0.3) is 5.56 Å². The van der Waals surface area contributed by atoms with Gasteiger partial charge in [0.15, 0.2) is 11.5 Å². The van der Waals surface area contributed by atoms with E-state index in [4.69, 9.17) is 14.7 Å². The van der Waals surface area contributed by atoms with Crippen molar-refractivity contribution in [3.05, 3.63) is 57.0 Å². The molecule has 0 bridgehead atoms. The molecule has 24 heavy (non-hydrogen) atoms. The third kappa shape index (κ3) is 3.63. The Hall–Kier alpha value is -3.07. The molecule has 124 valence electrons. The number of aromatic amines is 1. The predicted molar refractivity (Wildman–Crippen MR) is 88.2 cm³/mol. The summed E-state index contributed by atoms with van der Waals surface area (Å²) in [6.45, 7) is 3.46. The first kappa shape index (κ1) is 17.3. The first-order valence-electron chi connectivity index (χ1n) is 7.44. The number of aryl methyl sites for hydroxylation is 1. The lowest BCUT2D eigenvalue weighted by Crippen LogP contribution is -2.18. The number of rotatable bonds is 5. The van der Waals surface area contributed by atoms with E-state index in [1.54, 1.807) is 38.1 Å². The van der Waals surface area contributed by atoms with E-state index < -0.39 is 11.5 Å². The maximum absolute atomic E-state index is 12.1. The number of hydrogen-bond acceptors (Lipinski definition) is 5. The number of ether oxygens (including phenoxy) is 2. The summed E-state index contributed by atoms with van der Waals surface area (Å²) in [5.41, 5.74) is 1.70. The van der Waals surface area contributed by atoms with Crippen molar-refractivity contribution in [2.75, 3.05) is 7.11 Å². The van der Waals surface area contributed by atoms with Crippen LogP contribution in [0, 0.1) is 25.2 Å². The summed E-state index contributed by atoms with van der Waals surface area (Å²) in [7, 11) is 1.50. The molecule has 1 aromatic heterocycles. The fourth-order valence-electron chi connectivity index (χ4n) is 2.52. The van der Waals surface area contributed by atoms with Crippen LogP contribution in [-0.4, -0.2) is 18.1 Å². The second-order valence-corrected chi connectivity index (χ2v) is 5.29. The Morgan fingerprint density at radius 3 is 2.54 bits per heavy atom. The van der Waals surface area contributed by atoms with E-state index >= 15 is 0 Å². The van der Waals surface area contributed by atoms with Crippen LogP contribution in [0.2, 0.25) is 0 Å².